The molecule has 0 saturated carbocycles. The molecule has 0 aliphatic rings. The first-order valence-corrected chi connectivity index (χ1v) is 6.31. The van der Waals surface area contributed by atoms with Crippen LogP contribution in [0.5, 0.6) is 0 Å². The zero-order valence-electron chi connectivity index (χ0n) is 11.5. The Morgan fingerprint density at radius 3 is 2.67 bits per heavy atom. The molecule has 2 aromatic heterocycles. The van der Waals surface area contributed by atoms with Crippen LogP contribution in [0.1, 0.15) is 30.0 Å². The molecule has 1 N–H and O–H groups in total. The maximum absolute atomic E-state index is 4.44. The molecule has 0 bridgehead atoms. The van der Waals surface area contributed by atoms with Gasteiger partial charge in [0.15, 0.2) is 0 Å². The number of nitrogens with zero attached hydrogens (tertiary/aromatic N) is 4. The van der Waals surface area contributed by atoms with Crippen molar-refractivity contribution in [3.05, 3.63) is 35.7 Å². The number of aryl methyl sites for hydroxylation is 3. The van der Waals surface area contributed by atoms with E-state index in [0.717, 1.165) is 24.4 Å². The average molecular weight is 247 g/mol. The molecule has 1 atom stereocenters. The van der Waals surface area contributed by atoms with Crippen molar-refractivity contribution in [3.8, 4) is 0 Å². The fourth-order valence-electron chi connectivity index (χ4n) is 2.21. The van der Waals surface area contributed by atoms with Gasteiger partial charge in [-0.1, -0.05) is 6.92 Å². The molecule has 0 saturated heterocycles. The molecule has 0 radical (unpaired) electrons. The average Bonchev–Trinajstić information content (AvgIpc) is 2.85. The van der Waals surface area contributed by atoms with Crippen molar-refractivity contribution >= 4 is 0 Å². The van der Waals surface area contributed by atoms with E-state index in [1.54, 1.807) is 0 Å². The number of imidazole rings is 1. The zero-order chi connectivity index (χ0) is 13.1. The molecule has 5 nitrogen and oxygen atoms in total. The monoisotopic (exact) mass is 247 g/mol. The lowest BCUT2D eigenvalue weighted by atomic mass is 10.1. The Kier molecular flexibility index (Phi) is 3.81. The van der Waals surface area contributed by atoms with Crippen LogP contribution >= 0.6 is 0 Å². The van der Waals surface area contributed by atoms with Crippen molar-refractivity contribution in [1.29, 1.82) is 0 Å². The summed E-state index contributed by atoms with van der Waals surface area (Å²) in [5.74, 6) is 0. The van der Waals surface area contributed by atoms with Gasteiger partial charge in [0.1, 0.15) is 0 Å². The Labute approximate surface area is 108 Å². The maximum Gasteiger partial charge on any atom is 0.0947 e. The highest BCUT2D eigenvalue weighted by Crippen LogP contribution is 2.17. The third kappa shape index (κ3) is 2.79. The predicted molar refractivity (Wildman–Crippen MR) is 71.3 cm³/mol. The van der Waals surface area contributed by atoms with Gasteiger partial charge < -0.3 is 9.88 Å². The molecule has 5 heteroatoms. The minimum absolute atomic E-state index is 0.242. The van der Waals surface area contributed by atoms with Crippen LogP contribution in [0.3, 0.4) is 0 Å². The van der Waals surface area contributed by atoms with E-state index >= 15 is 0 Å². The molecular weight excluding hydrogens is 226 g/mol. The second-order valence-electron chi connectivity index (χ2n) is 4.68. The van der Waals surface area contributed by atoms with Crippen LogP contribution in [0, 0.1) is 6.92 Å². The molecule has 98 valence electrons. The zero-order valence-corrected chi connectivity index (χ0v) is 11.5. The summed E-state index contributed by atoms with van der Waals surface area (Å²) in [4.78, 5) is 4.44. The Balaban J connectivity index is 2.18. The van der Waals surface area contributed by atoms with Crippen LogP contribution in [0.25, 0.3) is 0 Å². The highest BCUT2D eigenvalue weighted by Gasteiger charge is 2.16. The molecule has 0 aromatic carbocycles. The first kappa shape index (κ1) is 12.8. The van der Waals surface area contributed by atoms with Gasteiger partial charge in [0.25, 0.3) is 0 Å². The van der Waals surface area contributed by atoms with E-state index in [9.17, 15) is 0 Å². The standard InChI is InChI=1S/C13H21N5/c1-5-14-12(13-8-17(3)9-15-13)7-11-6-10(2)16-18(11)4/h6,8-9,12,14H,5,7H2,1-4H3. The Morgan fingerprint density at radius 1 is 1.39 bits per heavy atom. The SMILES string of the molecule is CCNC(Cc1cc(C)nn1C)c1cn(C)cn1. The van der Waals surface area contributed by atoms with Crippen LogP contribution in [0.2, 0.25) is 0 Å². The van der Waals surface area contributed by atoms with Crippen molar-refractivity contribution in [1.82, 2.24) is 24.6 Å². The summed E-state index contributed by atoms with van der Waals surface area (Å²) in [5.41, 5.74) is 3.37. The molecule has 2 heterocycles. The summed E-state index contributed by atoms with van der Waals surface area (Å²) in [5, 5.41) is 7.87. The van der Waals surface area contributed by atoms with Crippen molar-refractivity contribution in [3.63, 3.8) is 0 Å². The van der Waals surface area contributed by atoms with Crippen molar-refractivity contribution in [2.45, 2.75) is 26.3 Å². The number of hydrogen-bond donors (Lipinski definition) is 1. The fourth-order valence-corrected chi connectivity index (χ4v) is 2.21. The Hall–Kier alpha value is -1.62. The highest BCUT2D eigenvalue weighted by molar-refractivity contribution is 5.14. The van der Waals surface area contributed by atoms with E-state index in [4.69, 9.17) is 0 Å². The van der Waals surface area contributed by atoms with Gasteiger partial charge in [0.05, 0.1) is 23.8 Å². The first-order valence-electron chi connectivity index (χ1n) is 6.31. The van der Waals surface area contributed by atoms with E-state index in [1.807, 2.05) is 36.6 Å². The van der Waals surface area contributed by atoms with E-state index in [2.05, 4.69) is 34.6 Å². The maximum atomic E-state index is 4.44. The van der Waals surface area contributed by atoms with Crippen molar-refractivity contribution in [2.75, 3.05) is 6.54 Å². The summed E-state index contributed by atoms with van der Waals surface area (Å²) in [6.07, 6.45) is 4.81. The van der Waals surface area contributed by atoms with Crippen LogP contribution < -0.4 is 5.32 Å². The summed E-state index contributed by atoms with van der Waals surface area (Å²) in [6.45, 7) is 5.06. The fraction of sp³-hybridized carbons (Fsp3) is 0.538. The molecule has 0 amide bonds. The van der Waals surface area contributed by atoms with E-state index in [1.165, 1.54) is 5.69 Å². The molecule has 0 spiro atoms. The third-order valence-corrected chi connectivity index (χ3v) is 3.04. The molecule has 0 fully saturated rings. The first-order chi connectivity index (χ1) is 8.60. The van der Waals surface area contributed by atoms with Crippen LogP contribution in [0.15, 0.2) is 18.6 Å². The molecule has 0 aliphatic carbocycles. The molecule has 2 rings (SSSR count). The highest BCUT2D eigenvalue weighted by atomic mass is 15.3. The minimum Gasteiger partial charge on any atom is -0.340 e. The van der Waals surface area contributed by atoms with Gasteiger partial charge in [0, 0.05) is 32.4 Å². The lowest BCUT2D eigenvalue weighted by Gasteiger charge is -2.15. The topological polar surface area (TPSA) is 47.7 Å². The third-order valence-electron chi connectivity index (χ3n) is 3.04. The number of nitrogens with one attached hydrogen (secondary N) is 1. The Morgan fingerprint density at radius 2 is 2.17 bits per heavy atom. The summed E-state index contributed by atoms with van der Waals surface area (Å²) >= 11 is 0. The summed E-state index contributed by atoms with van der Waals surface area (Å²) < 4.78 is 3.93. The van der Waals surface area contributed by atoms with E-state index in [-0.39, 0.29) is 6.04 Å². The second-order valence-corrected chi connectivity index (χ2v) is 4.68. The smallest absolute Gasteiger partial charge is 0.0947 e. The van der Waals surface area contributed by atoms with Crippen LogP contribution in [-0.2, 0) is 20.5 Å². The lowest BCUT2D eigenvalue weighted by molar-refractivity contribution is 0.519. The summed E-state index contributed by atoms with van der Waals surface area (Å²) in [6, 6.07) is 2.37. The second kappa shape index (κ2) is 5.35. The molecule has 18 heavy (non-hydrogen) atoms. The van der Waals surface area contributed by atoms with Gasteiger partial charge in [0.2, 0.25) is 0 Å². The van der Waals surface area contributed by atoms with Gasteiger partial charge >= 0.3 is 0 Å². The van der Waals surface area contributed by atoms with Crippen molar-refractivity contribution < 1.29 is 0 Å². The molecule has 0 aliphatic heterocycles. The van der Waals surface area contributed by atoms with Gasteiger partial charge in [-0.05, 0) is 19.5 Å². The predicted octanol–water partition coefficient (Wildman–Crippen LogP) is 1.36. The van der Waals surface area contributed by atoms with Gasteiger partial charge in [-0.2, -0.15) is 5.10 Å². The molecular formula is C13H21N5. The summed E-state index contributed by atoms with van der Waals surface area (Å²) in [7, 11) is 3.98. The van der Waals surface area contributed by atoms with E-state index in [0.29, 0.717) is 0 Å². The van der Waals surface area contributed by atoms with Crippen molar-refractivity contribution in [2.24, 2.45) is 14.1 Å². The van der Waals surface area contributed by atoms with Gasteiger partial charge in [-0.25, -0.2) is 4.98 Å². The number of likely N-dealkylation sites (N-methyl/N-ethyl adjacent to an activating group) is 1. The quantitative estimate of drug-likeness (QED) is 0.867. The lowest BCUT2D eigenvalue weighted by Crippen LogP contribution is -2.24. The normalized spacial score (nSPS) is 12.9. The minimum atomic E-state index is 0.242. The molecule has 2 aromatic rings. The largest absolute Gasteiger partial charge is 0.340 e. The number of hydrogen-bond acceptors (Lipinski definition) is 3. The van der Waals surface area contributed by atoms with Crippen LogP contribution in [0.4, 0.5) is 0 Å². The van der Waals surface area contributed by atoms with Gasteiger partial charge in [-0.3, -0.25) is 4.68 Å². The number of rotatable bonds is 5. The number of aromatic nitrogens is 4. The van der Waals surface area contributed by atoms with Gasteiger partial charge in [-0.15, -0.1) is 0 Å². The Bertz CT molecular complexity index is 511. The van der Waals surface area contributed by atoms with E-state index < -0.39 is 0 Å². The molecule has 1 unspecified atom stereocenters. The van der Waals surface area contributed by atoms with Crippen LogP contribution in [-0.4, -0.2) is 25.9 Å².